The normalized spacial score (nSPS) is 17.8. The fourth-order valence-corrected chi connectivity index (χ4v) is 2.55. The van der Waals surface area contributed by atoms with Crippen molar-refractivity contribution < 1.29 is 14.6 Å². The highest BCUT2D eigenvalue weighted by atomic mass is 16.5. The second-order valence-corrected chi connectivity index (χ2v) is 5.03. The zero-order valence-corrected chi connectivity index (χ0v) is 11.3. The number of aromatic carboxylic acids is 1. The number of aryl methyl sites for hydroxylation is 2. The molecule has 6 heteroatoms. The second-order valence-electron chi connectivity index (χ2n) is 5.03. The first-order valence-electron chi connectivity index (χ1n) is 6.40. The maximum atomic E-state index is 11.0. The van der Waals surface area contributed by atoms with Crippen LogP contribution >= 0.6 is 0 Å². The molecule has 0 radical (unpaired) electrons. The van der Waals surface area contributed by atoms with E-state index in [1.54, 1.807) is 4.68 Å². The van der Waals surface area contributed by atoms with Crippen molar-refractivity contribution in [2.45, 2.75) is 33.1 Å². The molecular weight excluding hydrogens is 258 g/mol. The smallest absolute Gasteiger partial charge is 0.358 e. The van der Waals surface area contributed by atoms with Gasteiger partial charge in [-0.05, 0) is 25.0 Å². The Balaban J connectivity index is 1.91. The average Bonchev–Trinajstić information content (AvgIpc) is 2.81. The number of nitrogens with zero attached hydrogens (tertiary/aromatic N) is 3. The number of carboxylic acid groups (broad SMARTS) is 1. The standard InChI is InChI=1S/C14H15N3O3/c1-8-3-4-10(9(2)5-8)12-6-17-11(7-20-12)13(14(18)19)15-16-17/h3-5,12H,6-7H2,1-2H3,(H,18,19)/t12-/m1/s1. The van der Waals surface area contributed by atoms with E-state index in [1.165, 1.54) is 5.56 Å². The Labute approximate surface area is 116 Å². The highest BCUT2D eigenvalue weighted by Gasteiger charge is 2.28. The van der Waals surface area contributed by atoms with Crippen LogP contribution in [0.25, 0.3) is 0 Å². The van der Waals surface area contributed by atoms with E-state index in [-0.39, 0.29) is 18.4 Å². The van der Waals surface area contributed by atoms with E-state index >= 15 is 0 Å². The van der Waals surface area contributed by atoms with Gasteiger partial charge in [-0.2, -0.15) is 0 Å². The van der Waals surface area contributed by atoms with Crippen LogP contribution < -0.4 is 0 Å². The van der Waals surface area contributed by atoms with Crippen LogP contribution in [0.5, 0.6) is 0 Å². The SMILES string of the molecule is Cc1ccc([C@H]2Cn3nnc(C(=O)O)c3CO2)c(C)c1. The van der Waals surface area contributed by atoms with Gasteiger partial charge in [0.15, 0.2) is 5.69 Å². The number of aromatic nitrogens is 3. The molecule has 20 heavy (non-hydrogen) atoms. The molecule has 0 fully saturated rings. The summed E-state index contributed by atoms with van der Waals surface area (Å²) in [7, 11) is 0. The van der Waals surface area contributed by atoms with Gasteiger partial charge in [0.1, 0.15) is 6.10 Å². The molecule has 0 saturated carbocycles. The number of carboxylic acids is 1. The van der Waals surface area contributed by atoms with Gasteiger partial charge in [-0.25, -0.2) is 9.48 Å². The molecule has 0 bridgehead atoms. The molecule has 104 valence electrons. The third-order valence-corrected chi connectivity index (χ3v) is 3.57. The van der Waals surface area contributed by atoms with Crippen molar-refractivity contribution in [1.29, 1.82) is 0 Å². The van der Waals surface area contributed by atoms with Gasteiger partial charge in [0, 0.05) is 0 Å². The Morgan fingerprint density at radius 3 is 2.95 bits per heavy atom. The number of fused-ring (bicyclic) bond motifs is 1. The maximum Gasteiger partial charge on any atom is 0.358 e. The van der Waals surface area contributed by atoms with Gasteiger partial charge in [-0.1, -0.05) is 29.0 Å². The summed E-state index contributed by atoms with van der Waals surface area (Å²) in [4.78, 5) is 11.0. The molecule has 1 N–H and O–H groups in total. The molecule has 2 aromatic rings. The van der Waals surface area contributed by atoms with E-state index < -0.39 is 5.97 Å². The monoisotopic (exact) mass is 273 g/mol. The minimum atomic E-state index is -1.07. The van der Waals surface area contributed by atoms with Crippen molar-refractivity contribution in [3.8, 4) is 0 Å². The zero-order chi connectivity index (χ0) is 14.3. The Bertz CT molecular complexity index is 678. The molecule has 1 aromatic heterocycles. The van der Waals surface area contributed by atoms with Gasteiger partial charge in [-0.3, -0.25) is 0 Å². The van der Waals surface area contributed by atoms with Crippen molar-refractivity contribution in [3.05, 3.63) is 46.3 Å². The lowest BCUT2D eigenvalue weighted by Crippen LogP contribution is -2.23. The van der Waals surface area contributed by atoms with Gasteiger partial charge in [0.05, 0.1) is 18.8 Å². The summed E-state index contributed by atoms with van der Waals surface area (Å²) in [5.74, 6) is -1.07. The molecule has 1 aromatic carbocycles. The van der Waals surface area contributed by atoms with Crippen LogP contribution in [0.2, 0.25) is 0 Å². The second kappa shape index (κ2) is 4.72. The Kier molecular flexibility index (Phi) is 3.02. The Hall–Kier alpha value is -2.21. The molecule has 0 amide bonds. The van der Waals surface area contributed by atoms with Gasteiger partial charge in [-0.15, -0.1) is 5.10 Å². The molecule has 1 atom stereocenters. The maximum absolute atomic E-state index is 11.0. The van der Waals surface area contributed by atoms with Gasteiger partial charge >= 0.3 is 5.97 Å². The number of hydrogen-bond donors (Lipinski definition) is 1. The minimum absolute atomic E-state index is 0.0240. The lowest BCUT2D eigenvalue weighted by atomic mass is 10.0. The molecule has 2 heterocycles. The first-order chi connectivity index (χ1) is 9.56. The third-order valence-electron chi connectivity index (χ3n) is 3.57. The van der Waals surface area contributed by atoms with Crippen molar-refractivity contribution in [3.63, 3.8) is 0 Å². The summed E-state index contributed by atoms with van der Waals surface area (Å²) < 4.78 is 7.42. The fraction of sp³-hybridized carbons (Fsp3) is 0.357. The number of benzene rings is 1. The third kappa shape index (κ3) is 2.08. The Morgan fingerprint density at radius 1 is 1.45 bits per heavy atom. The van der Waals surface area contributed by atoms with Crippen LogP contribution in [0, 0.1) is 13.8 Å². The first kappa shape index (κ1) is 12.8. The quantitative estimate of drug-likeness (QED) is 0.903. The van der Waals surface area contributed by atoms with Gasteiger partial charge in [0.25, 0.3) is 0 Å². The molecule has 1 aliphatic heterocycles. The van der Waals surface area contributed by atoms with Crippen LogP contribution in [-0.4, -0.2) is 26.1 Å². The molecule has 3 rings (SSSR count). The highest BCUT2D eigenvalue weighted by Crippen LogP contribution is 2.29. The van der Waals surface area contributed by atoms with Crippen LogP contribution in [0.1, 0.15) is 39.0 Å². The summed E-state index contributed by atoms with van der Waals surface area (Å²) >= 11 is 0. The summed E-state index contributed by atoms with van der Waals surface area (Å²) in [5.41, 5.74) is 3.98. The summed E-state index contributed by atoms with van der Waals surface area (Å²) in [5, 5.41) is 16.6. The predicted molar refractivity (Wildman–Crippen MR) is 70.4 cm³/mol. The number of ether oxygens (including phenoxy) is 1. The van der Waals surface area contributed by atoms with Crippen LogP contribution in [0.3, 0.4) is 0 Å². The summed E-state index contributed by atoms with van der Waals surface area (Å²) in [6.07, 6.45) is -0.119. The molecule has 0 saturated heterocycles. The average molecular weight is 273 g/mol. The fourth-order valence-electron chi connectivity index (χ4n) is 2.55. The number of carbonyl (C=O) groups is 1. The van der Waals surface area contributed by atoms with Crippen LogP contribution in [0.15, 0.2) is 18.2 Å². The van der Waals surface area contributed by atoms with E-state index in [4.69, 9.17) is 9.84 Å². The van der Waals surface area contributed by atoms with Gasteiger partial charge in [0.2, 0.25) is 0 Å². The molecule has 6 nitrogen and oxygen atoms in total. The van der Waals surface area contributed by atoms with Crippen molar-refractivity contribution >= 4 is 5.97 Å². The molecule has 1 aliphatic rings. The van der Waals surface area contributed by atoms with E-state index in [9.17, 15) is 4.79 Å². The van der Waals surface area contributed by atoms with Crippen LogP contribution in [0.4, 0.5) is 0 Å². The number of hydrogen-bond acceptors (Lipinski definition) is 4. The summed E-state index contributed by atoms with van der Waals surface area (Å²) in [6.45, 7) is 4.80. The molecule has 0 unspecified atom stereocenters. The minimum Gasteiger partial charge on any atom is -0.476 e. The lowest BCUT2D eigenvalue weighted by molar-refractivity contribution is -0.00242. The van der Waals surface area contributed by atoms with Crippen molar-refractivity contribution in [2.75, 3.05) is 0 Å². The Morgan fingerprint density at radius 2 is 2.25 bits per heavy atom. The largest absolute Gasteiger partial charge is 0.476 e. The topological polar surface area (TPSA) is 77.2 Å². The predicted octanol–water partition coefficient (Wildman–Crippen LogP) is 1.86. The summed E-state index contributed by atoms with van der Waals surface area (Å²) in [6, 6.07) is 6.21. The van der Waals surface area contributed by atoms with Gasteiger partial charge < -0.3 is 9.84 Å². The zero-order valence-electron chi connectivity index (χ0n) is 11.3. The van der Waals surface area contributed by atoms with Crippen LogP contribution in [-0.2, 0) is 17.9 Å². The molecule has 0 aliphatic carbocycles. The first-order valence-corrected chi connectivity index (χ1v) is 6.40. The van der Waals surface area contributed by atoms with E-state index in [0.717, 1.165) is 11.1 Å². The number of rotatable bonds is 2. The molecule has 0 spiro atoms. The van der Waals surface area contributed by atoms with Crippen molar-refractivity contribution in [1.82, 2.24) is 15.0 Å². The van der Waals surface area contributed by atoms with E-state index in [0.29, 0.717) is 12.2 Å². The van der Waals surface area contributed by atoms with Crippen molar-refractivity contribution in [2.24, 2.45) is 0 Å². The van der Waals surface area contributed by atoms with E-state index in [1.807, 2.05) is 19.9 Å². The van der Waals surface area contributed by atoms with E-state index in [2.05, 4.69) is 22.4 Å². The lowest BCUT2D eigenvalue weighted by Gasteiger charge is -2.25. The highest BCUT2D eigenvalue weighted by molar-refractivity contribution is 5.86. The molecular formula is C14H15N3O3.